The molecular formula is C9H9ClFN3O2. The lowest BCUT2D eigenvalue weighted by Crippen LogP contribution is -2.14. The Balaban J connectivity index is 2.33. The highest BCUT2D eigenvalue weighted by atomic mass is 35.5. The van der Waals surface area contributed by atoms with Crippen LogP contribution in [0.15, 0.2) is 12.1 Å². The molecule has 1 aromatic rings. The van der Waals surface area contributed by atoms with E-state index in [0.717, 1.165) is 12.5 Å². The fourth-order valence-electron chi connectivity index (χ4n) is 1.38. The Morgan fingerprint density at radius 3 is 2.75 bits per heavy atom. The number of nitrogens with two attached hydrogens (primary N) is 1. The number of nitro benzene ring substituents is 1. The van der Waals surface area contributed by atoms with Crippen LogP contribution in [0.3, 0.4) is 0 Å². The summed E-state index contributed by atoms with van der Waals surface area (Å²) >= 11 is 5.56. The Bertz CT molecular complexity index is 455. The van der Waals surface area contributed by atoms with E-state index in [4.69, 9.17) is 17.3 Å². The van der Waals surface area contributed by atoms with Crippen molar-refractivity contribution < 1.29 is 9.31 Å². The quantitative estimate of drug-likeness (QED) is 0.629. The Labute approximate surface area is 95.5 Å². The Morgan fingerprint density at radius 2 is 2.25 bits per heavy atom. The summed E-state index contributed by atoms with van der Waals surface area (Å²) in [4.78, 5) is 10.0. The molecule has 5 nitrogen and oxygen atoms in total. The van der Waals surface area contributed by atoms with Gasteiger partial charge in [0.2, 0.25) is 0 Å². The second-order valence-corrected chi connectivity index (χ2v) is 4.10. The molecule has 7 heteroatoms. The molecule has 0 heterocycles. The van der Waals surface area contributed by atoms with Gasteiger partial charge in [0.25, 0.3) is 5.69 Å². The van der Waals surface area contributed by atoms with Crippen molar-refractivity contribution in [3.05, 3.63) is 33.1 Å². The SMILES string of the molecule is NC1CC1Nc1cc(Cl)c(F)cc1[N+](=O)[O-]. The van der Waals surface area contributed by atoms with Crippen LogP contribution < -0.4 is 11.1 Å². The van der Waals surface area contributed by atoms with Gasteiger partial charge in [-0.25, -0.2) is 4.39 Å². The third kappa shape index (κ3) is 2.07. The summed E-state index contributed by atoms with van der Waals surface area (Å²) < 4.78 is 13.1. The molecule has 0 saturated heterocycles. The number of nitrogens with one attached hydrogen (secondary N) is 1. The Morgan fingerprint density at radius 1 is 1.62 bits per heavy atom. The lowest BCUT2D eigenvalue weighted by atomic mass is 10.2. The van der Waals surface area contributed by atoms with Gasteiger partial charge in [0.05, 0.1) is 16.0 Å². The predicted octanol–water partition coefficient (Wildman–Crippen LogP) is 1.90. The van der Waals surface area contributed by atoms with Crippen LogP contribution in [0.5, 0.6) is 0 Å². The number of anilines is 1. The zero-order valence-corrected chi connectivity index (χ0v) is 8.87. The third-order valence-electron chi connectivity index (χ3n) is 2.42. The predicted molar refractivity (Wildman–Crippen MR) is 58.1 cm³/mol. The molecule has 3 N–H and O–H groups in total. The molecule has 0 aliphatic heterocycles. The maximum atomic E-state index is 13.1. The van der Waals surface area contributed by atoms with Crippen LogP contribution in [0, 0.1) is 15.9 Å². The normalized spacial score (nSPS) is 22.9. The average Bonchev–Trinajstić information content (AvgIpc) is 2.87. The number of benzene rings is 1. The molecule has 86 valence electrons. The fourth-order valence-corrected chi connectivity index (χ4v) is 1.55. The number of rotatable bonds is 3. The number of nitrogens with zero attached hydrogens (tertiary/aromatic N) is 1. The van der Waals surface area contributed by atoms with Gasteiger partial charge in [-0.1, -0.05) is 11.6 Å². The van der Waals surface area contributed by atoms with Crippen molar-refractivity contribution in [2.24, 2.45) is 5.73 Å². The maximum absolute atomic E-state index is 13.1. The van der Waals surface area contributed by atoms with E-state index in [2.05, 4.69) is 5.32 Å². The highest BCUT2D eigenvalue weighted by Gasteiger charge is 2.35. The minimum atomic E-state index is -0.806. The summed E-state index contributed by atoms with van der Waals surface area (Å²) in [6, 6.07) is 2.00. The van der Waals surface area contributed by atoms with Gasteiger partial charge < -0.3 is 11.1 Å². The van der Waals surface area contributed by atoms with Crippen molar-refractivity contribution in [3.63, 3.8) is 0 Å². The van der Waals surface area contributed by atoms with Crippen LogP contribution in [-0.2, 0) is 0 Å². The summed E-state index contributed by atoms with van der Waals surface area (Å²) in [5.41, 5.74) is 5.44. The number of nitro groups is 1. The van der Waals surface area contributed by atoms with Gasteiger partial charge in [-0.3, -0.25) is 10.1 Å². The average molecular weight is 246 g/mol. The van der Waals surface area contributed by atoms with Gasteiger partial charge in [-0.2, -0.15) is 0 Å². The molecule has 0 spiro atoms. The van der Waals surface area contributed by atoms with Crippen molar-refractivity contribution in [1.29, 1.82) is 0 Å². The van der Waals surface area contributed by atoms with E-state index in [9.17, 15) is 14.5 Å². The van der Waals surface area contributed by atoms with Crippen molar-refractivity contribution >= 4 is 23.0 Å². The molecular weight excluding hydrogens is 237 g/mol. The first-order valence-corrected chi connectivity index (χ1v) is 5.02. The molecule has 0 bridgehead atoms. The van der Waals surface area contributed by atoms with Crippen LogP contribution in [0.25, 0.3) is 0 Å². The summed E-state index contributed by atoms with van der Waals surface area (Å²) in [6.07, 6.45) is 0.742. The molecule has 2 unspecified atom stereocenters. The van der Waals surface area contributed by atoms with Gasteiger partial charge in [-0.05, 0) is 12.5 Å². The monoisotopic (exact) mass is 245 g/mol. The second-order valence-electron chi connectivity index (χ2n) is 3.69. The standard InChI is InChI=1S/C9H9ClFN3O2/c10-4-1-8(13-7-3-6(7)12)9(14(15)16)2-5(4)11/h1-2,6-7,13H,3,12H2. The van der Waals surface area contributed by atoms with Crippen LogP contribution in [0.1, 0.15) is 6.42 Å². The minimum Gasteiger partial charge on any atom is -0.375 e. The fraction of sp³-hybridized carbons (Fsp3) is 0.333. The van der Waals surface area contributed by atoms with E-state index in [-0.39, 0.29) is 28.5 Å². The van der Waals surface area contributed by atoms with Crippen molar-refractivity contribution in [2.75, 3.05) is 5.32 Å². The van der Waals surface area contributed by atoms with Gasteiger partial charge in [0.15, 0.2) is 0 Å². The van der Waals surface area contributed by atoms with E-state index >= 15 is 0 Å². The Hall–Kier alpha value is -1.40. The summed E-state index contributed by atoms with van der Waals surface area (Å²) in [6.45, 7) is 0. The smallest absolute Gasteiger partial charge is 0.295 e. The van der Waals surface area contributed by atoms with E-state index in [1.54, 1.807) is 0 Å². The molecule has 2 atom stereocenters. The van der Waals surface area contributed by atoms with Crippen LogP contribution >= 0.6 is 11.6 Å². The van der Waals surface area contributed by atoms with E-state index in [1.165, 1.54) is 6.07 Å². The molecule has 1 aromatic carbocycles. The molecule has 1 aliphatic rings. The van der Waals surface area contributed by atoms with Crippen molar-refractivity contribution in [2.45, 2.75) is 18.5 Å². The van der Waals surface area contributed by atoms with Crippen LogP contribution in [0.4, 0.5) is 15.8 Å². The third-order valence-corrected chi connectivity index (χ3v) is 2.71. The minimum absolute atomic E-state index is 0.000211. The Kier molecular flexibility index (Phi) is 2.69. The molecule has 1 saturated carbocycles. The molecule has 2 rings (SSSR count). The molecule has 1 fully saturated rings. The largest absolute Gasteiger partial charge is 0.375 e. The first-order chi connectivity index (χ1) is 7.49. The van der Waals surface area contributed by atoms with Crippen LogP contribution in [-0.4, -0.2) is 17.0 Å². The molecule has 0 amide bonds. The zero-order chi connectivity index (χ0) is 11.9. The summed E-state index contributed by atoms with van der Waals surface area (Å²) in [5, 5.41) is 13.4. The first-order valence-electron chi connectivity index (χ1n) is 4.64. The van der Waals surface area contributed by atoms with Gasteiger partial charge in [-0.15, -0.1) is 0 Å². The van der Waals surface area contributed by atoms with E-state index in [1.807, 2.05) is 0 Å². The molecule has 16 heavy (non-hydrogen) atoms. The number of halogens is 2. The number of hydrogen-bond donors (Lipinski definition) is 2. The lowest BCUT2D eigenvalue weighted by Gasteiger charge is -2.06. The highest BCUT2D eigenvalue weighted by Crippen LogP contribution is 2.33. The second kappa shape index (κ2) is 3.88. The molecule has 0 aromatic heterocycles. The topological polar surface area (TPSA) is 81.2 Å². The van der Waals surface area contributed by atoms with Gasteiger partial charge in [0.1, 0.15) is 11.5 Å². The summed E-state index contributed by atoms with van der Waals surface area (Å²) in [7, 11) is 0. The highest BCUT2D eigenvalue weighted by molar-refractivity contribution is 6.31. The van der Waals surface area contributed by atoms with E-state index in [0.29, 0.717) is 0 Å². The van der Waals surface area contributed by atoms with Crippen molar-refractivity contribution in [1.82, 2.24) is 0 Å². The molecule has 1 aliphatic carbocycles. The number of hydrogen-bond acceptors (Lipinski definition) is 4. The maximum Gasteiger partial charge on any atom is 0.295 e. The van der Waals surface area contributed by atoms with Crippen molar-refractivity contribution in [3.8, 4) is 0 Å². The summed E-state index contributed by atoms with van der Waals surface area (Å²) in [5.74, 6) is -0.806. The zero-order valence-electron chi connectivity index (χ0n) is 8.11. The molecule has 0 radical (unpaired) electrons. The van der Waals surface area contributed by atoms with Crippen LogP contribution in [0.2, 0.25) is 5.02 Å². The van der Waals surface area contributed by atoms with Gasteiger partial charge in [0, 0.05) is 12.1 Å². The van der Waals surface area contributed by atoms with E-state index < -0.39 is 10.7 Å². The van der Waals surface area contributed by atoms with Gasteiger partial charge >= 0.3 is 0 Å². The lowest BCUT2D eigenvalue weighted by molar-refractivity contribution is -0.384. The first kappa shape index (κ1) is 11.1.